The Bertz CT molecular complexity index is 1260. The summed E-state index contributed by atoms with van der Waals surface area (Å²) < 4.78 is 34.0. The summed E-state index contributed by atoms with van der Waals surface area (Å²) in [6, 6.07) is 15.4. The maximum Gasteiger partial charge on any atom is 0.202 e. The third kappa shape index (κ3) is 3.67. The predicted octanol–water partition coefficient (Wildman–Crippen LogP) is 6.20. The molecule has 0 saturated heterocycles. The molecule has 0 unspecified atom stereocenters. The Balaban J connectivity index is 1.53. The van der Waals surface area contributed by atoms with Crippen LogP contribution in [0.1, 0.15) is 33.7 Å². The topological polar surface area (TPSA) is 43.1 Å². The van der Waals surface area contributed by atoms with Gasteiger partial charge in [0.25, 0.3) is 0 Å². The molecule has 0 spiro atoms. The van der Waals surface area contributed by atoms with Crippen molar-refractivity contribution in [3.63, 3.8) is 0 Å². The Morgan fingerprint density at radius 1 is 0.935 bits per heavy atom. The molecule has 0 fully saturated rings. The number of Topliss-reactive ketones (excluding diaryl/α,β-unsaturated/α-hetero) is 1. The summed E-state index contributed by atoms with van der Waals surface area (Å²) in [5.41, 5.74) is 4.81. The summed E-state index contributed by atoms with van der Waals surface area (Å²) in [6.45, 7) is 0. The summed E-state index contributed by atoms with van der Waals surface area (Å²) >= 11 is 0. The third-order valence-corrected chi connectivity index (χ3v) is 5.72. The van der Waals surface area contributed by atoms with Gasteiger partial charge < -0.3 is 4.42 Å². The summed E-state index contributed by atoms with van der Waals surface area (Å²) in [7, 11) is 0. The van der Waals surface area contributed by atoms with Gasteiger partial charge >= 0.3 is 0 Å². The number of pyridine rings is 1. The van der Waals surface area contributed by atoms with Crippen molar-refractivity contribution in [1.29, 1.82) is 0 Å². The normalized spacial score (nSPS) is 12.7. The number of rotatable bonds is 4. The van der Waals surface area contributed by atoms with Crippen molar-refractivity contribution in [2.24, 2.45) is 0 Å². The van der Waals surface area contributed by atoms with E-state index in [2.05, 4.69) is 23.2 Å². The number of hydrogen-bond acceptors (Lipinski definition) is 3. The van der Waals surface area contributed by atoms with E-state index in [9.17, 15) is 13.6 Å². The number of carbonyl (C=O) groups excluding carboxylic acids is 1. The molecule has 0 atom stereocenters. The second-order valence-electron chi connectivity index (χ2n) is 7.73. The van der Waals surface area contributed by atoms with Gasteiger partial charge in [0.15, 0.2) is 5.76 Å². The molecule has 2 aromatic heterocycles. The highest BCUT2D eigenvalue weighted by atomic mass is 19.1. The first-order chi connectivity index (χ1) is 15.1. The van der Waals surface area contributed by atoms with Crippen molar-refractivity contribution in [2.75, 3.05) is 0 Å². The highest BCUT2D eigenvalue weighted by Crippen LogP contribution is 2.37. The van der Waals surface area contributed by atoms with Crippen LogP contribution in [-0.4, -0.2) is 10.8 Å². The van der Waals surface area contributed by atoms with Crippen molar-refractivity contribution >= 4 is 5.78 Å². The van der Waals surface area contributed by atoms with Crippen LogP contribution in [0.15, 0.2) is 71.4 Å². The highest BCUT2D eigenvalue weighted by molar-refractivity contribution is 5.96. The van der Waals surface area contributed by atoms with Gasteiger partial charge in [-0.05, 0) is 66.3 Å². The Morgan fingerprint density at radius 2 is 1.74 bits per heavy atom. The minimum absolute atomic E-state index is 0.132. The van der Waals surface area contributed by atoms with E-state index >= 15 is 0 Å². The third-order valence-electron chi connectivity index (χ3n) is 5.72. The van der Waals surface area contributed by atoms with E-state index in [0.29, 0.717) is 5.76 Å². The van der Waals surface area contributed by atoms with Crippen LogP contribution >= 0.6 is 0 Å². The van der Waals surface area contributed by atoms with Crippen LogP contribution in [0.5, 0.6) is 0 Å². The molecule has 4 aromatic rings. The molecule has 0 aliphatic heterocycles. The molecule has 0 bridgehead atoms. The molecule has 5 heteroatoms. The van der Waals surface area contributed by atoms with Crippen molar-refractivity contribution < 1.29 is 18.0 Å². The zero-order valence-electron chi connectivity index (χ0n) is 16.7. The second kappa shape index (κ2) is 7.91. The first kappa shape index (κ1) is 19.4. The lowest BCUT2D eigenvalue weighted by Gasteiger charge is -2.09. The fourth-order valence-corrected chi connectivity index (χ4v) is 4.12. The molecule has 0 amide bonds. The number of ketones is 1. The Kier molecular flexibility index (Phi) is 4.94. The SMILES string of the molecule is O=C(Cc1c(F)cccc1F)c1cc2c(o1)-c1cc(-c3cccnc3)ccc1CCC2. The summed E-state index contributed by atoms with van der Waals surface area (Å²) in [5.74, 6) is -1.11. The van der Waals surface area contributed by atoms with E-state index in [1.807, 2.05) is 12.1 Å². The smallest absolute Gasteiger partial charge is 0.202 e. The lowest BCUT2D eigenvalue weighted by molar-refractivity contribution is 0.0964. The molecule has 3 nitrogen and oxygen atoms in total. The maximum absolute atomic E-state index is 14.0. The van der Waals surface area contributed by atoms with Gasteiger partial charge in [-0.25, -0.2) is 8.78 Å². The number of hydrogen-bond donors (Lipinski definition) is 0. The molecular formula is C26H19F2NO2. The Morgan fingerprint density at radius 3 is 2.52 bits per heavy atom. The fourth-order valence-electron chi connectivity index (χ4n) is 4.12. The molecule has 1 aliphatic carbocycles. The monoisotopic (exact) mass is 415 g/mol. The fraction of sp³-hybridized carbons (Fsp3) is 0.154. The van der Waals surface area contributed by atoms with E-state index in [1.54, 1.807) is 18.5 Å². The largest absolute Gasteiger partial charge is 0.453 e. The first-order valence-electron chi connectivity index (χ1n) is 10.2. The van der Waals surface area contributed by atoms with Crippen molar-refractivity contribution in [3.8, 4) is 22.5 Å². The van der Waals surface area contributed by atoms with E-state index in [0.717, 1.165) is 59.2 Å². The van der Waals surface area contributed by atoms with E-state index in [4.69, 9.17) is 4.42 Å². The van der Waals surface area contributed by atoms with E-state index < -0.39 is 17.4 Å². The maximum atomic E-state index is 14.0. The number of fused-ring (bicyclic) bond motifs is 3. The van der Waals surface area contributed by atoms with Gasteiger partial charge in [0.1, 0.15) is 17.4 Å². The molecule has 154 valence electrons. The molecule has 0 radical (unpaired) electrons. The lowest BCUT2D eigenvalue weighted by Crippen LogP contribution is -2.06. The van der Waals surface area contributed by atoms with Crippen LogP contribution < -0.4 is 0 Å². The summed E-state index contributed by atoms with van der Waals surface area (Å²) in [4.78, 5) is 17.0. The number of nitrogens with zero attached hydrogens (tertiary/aromatic N) is 1. The number of halogens is 2. The molecule has 0 N–H and O–H groups in total. The molecule has 1 aliphatic rings. The van der Waals surface area contributed by atoms with Crippen LogP contribution in [0, 0.1) is 11.6 Å². The minimum atomic E-state index is -0.729. The number of aromatic nitrogens is 1. The lowest BCUT2D eigenvalue weighted by atomic mass is 9.97. The zero-order chi connectivity index (χ0) is 21.4. The predicted molar refractivity (Wildman–Crippen MR) is 114 cm³/mol. The molecule has 0 saturated carbocycles. The van der Waals surface area contributed by atoms with Crippen LogP contribution in [-0.2, 0) is 19.3 Å². The van der Waals surface area contributed by atoms with Crippen LogP contribution in [0.25, 0.3) is 22.5 Å². The zero-order valence-corrected chi connectivity index (χ0v) is 16.7. The number of carbonyl (C=O) groups is 1. The standard InChI is InChI=1S/C26H19F2NO2/c27-22-7-2-8-23(28)21(22)14-24(30)25-13-18-5-1-4-16-9-10-17(12-20(16)26(18)31-25)19-6-3-11-29-15-19/h2-3,6-13,15H,1,4-5,14H2. The Hall–Kier alpha value is -3.60. The molecule has 31 heavy (non-hydrogen) atoms. The molecule has 5 rings (SSSR count). The Labute approximate surface area is 178 Å². The van der Waals surface area contributed by atoms with Gasteiger partial charge in [-0.1, -0.05) is 24.3 Å². The highest BCUT2D eigenvalue weighted by Gasteiger charge is 2.24. The van der Waals surface area contributed by atoms with Gasteiger partial charge in [-0.3, -0.25) is 9.78 Å². The molecule has 2 aromatic carbocycles. The van der Waals surface area contributed by atoms with E-state index in [1.165, 1.54) is 6.07 Å². The summed E-state index contributed by atoms with van der Waals surface area (Å²) in [6.07, 6.45) is 5.77. The van der Waals surface area contributed by atoms with Crippen molar-refractivity contribution in [2.45, 2.75) is 25.7 Å². The van der Waals surface area contributed by atoms with Gasteiger partial charge in [0.2, 0.25) is 5.78 Å². The van der Waals surface area contributed by atoms with Gasteiger partial charge in [-0.15, -0.1) is 0 Å². The molecule has 2 heterocycles. The summed E-state index contributed by atoms with van der Waals surface area (Å²) in [5, 5.41) is 0. The quantitative estimate of drug-likeness (QED) is 0.373. The number of aryl methyl sites for hydroxylation is 2. The van der Waals surface area contributed by atoms with Crippen molar-refractivity contribution in [1.82, 2.24) is 4.98 Å². The minimum Gasteiger partial charge on any atom is -0.453 e. The van der Waals surface area contributed by atoms with Crippen LogP contribution in [0.4, 0.5) is 8.78 Å². The first-order valence-corrected chi connectivity index (χ1v) is 10.2. The average Bonchev–Trinajstić information content (AvgIpc) is 3.14. The number of benzene rings is 2. The van der Waals surface area contributed by atoms with Gasteiger partial charge in [-0.2, -0.15) is 0 Å². The van der Waals surface area contributed by atoms with E-state index in [-0.39, 0.29) is 17.7 Å². The van der Waals surface area contributed by atoms with Gasteiger partial charge in [0, 0.05) is 35.5 Å². The van der Waals surface area contributed by atoms with Crippen LogP contribution in [0.2, 0.25) is 0 Å². The van der Waals surface area contributed by atoms with Crippen molar-refractivity contribution in [3.05, 3.63) is 101 Å². The van der Waals surface area contributed by atoms with Gasteiger partial charge in [0.05, 0.1) is 0 Å². The number of furan rings is 1. The van der Waals surface area contributed by atoms with Crippen LogP contribution in [0.3, 0.4) is 0 Å². The molecular weight excluding hydrogens is 396 g/mol. The second-order valence-corrected chi connectivity index (χ2v) is 7.73. The average molecular weight is 415 g/mol.